The third-order valence-corrected chi connectivity index (χ3v) is 6.47. The van der Waals surface area contributed by atoms with Gasteiger partial charge in [-0.2, -0.15) is 0 Å². The van der Waals surface area contributed by atoms with Crippen LogP contribution in [0.2, 0.25) is 0 Å². The highest BCUT2D eigenvalue weighted by atomic mass is 16.2. The van der Waals surface area contributed by atoms with E-state index >= 15 is 0 Å². The maximum atomic E-state index is 12.7. The molecule has 4 atom stereocenters. The molecule has 0 unspecified atom stereocenters. The second-order valence-corrected chi connectivity index (χ2v) is 9.64. The molecule has 5 heteroatoms. The number of nitrogens with zero attached hydrogens (tertiary/aromatic N) is 3. The Bertz CT molecular complexity index is 910. The van der Waals surface area contributed by atoms with Crippen molar-refractivity contribution in [3.63, 3.8) is 0 Å². The van der Waals surface area contributed by atoms with Gasteiger partial charge in [0.25, 0.3) is 0 Å². The Labute approximate surface area is 142 Å². The molecular weight excluding hydrogens is 302 g/mol. The van der Waals surface area contributed by atoms with Crippen molar-refractivity contribution >= 4 is 0 Å². The molecule has 0 saturated heterocycles. The van der Waals surface area contributed by atoms with E-state index in [1.54, 1.807) is 16.4 Å². The minimum absolute atomic E-state index is 0.00330. The van der Waals surface area contributed by atoms with Crippen LogP contribution in [0, 0.1) is 22.2 Å². The van der Waals surface area contributed by atoms with Crippen LogP contribution in [0.3, 0.4) is 0 Å². The first kappa shape index (κ1) is 15.7. The SMILES string of the molecule is Cn1c(=O)n2n(c1=O)[C@H]1C=C[C@H]2[C@@]2(C(C)(C)C)C=C(C(C)(C)C)[C@H]12. The Kier molecular flexibility index (Phi) is 2.66. The van der Waals surface area contributed by atoms with Crippen molar-refractivity contribution in [2.24, 2.45) is 29.2 Å². The van der Waals surface area contributed by atoms with Gasteiger partial charge in [0.2, 0.25) is 0 Å². The van der Waals surface area contributed by atoms with Crippen molar-refractivity contribution in [3.8, 4) is 0 Å². The molecule has 0 saturated carbocycles. The Morgan fingerprint density at radius 2 is 1.54 bits per heavy atom. The Hall–Kier alpha value is -1.78. The van der Waals surface area contributed by atoms with Crippen LogP contribution in [-0.4, -0.2) is 13.9 Å². The van der Waals surface area contributed by atoms with Gasteiger partial charge in [-0.15, -0.1) is 0 Å². The minimum Gasteiger partial charge on any atom is -0.246 e. The first-order valence-corrected chi connectivity index (χ1v) is 8.74. The molecule has 4 aliphatic rings. The molecule has 1 aromatic rings. The van der Waals surface area contributed by atoms with E-state index in [0.717, 1.165) is 0 Å². The third-order valence-electron chi connectivity index (χ3n) is 6.47. The van der Waals surface area contributed by atoms with Crippen LogP contribution in [0.15, 0.2) is 33.4 Å². The van der Waals surface area contributed by atoms with Gasteiger partial charge in [-0.05, 0) is 10.8 Å². The van der Waals surface area contributed by atoms with Gasteiger partial charge >= 0.3 is 11.4 Å². The van der Waals surface area contributed by atoms with Crippen LogP contribution < -0.4 is 11.4 Å². The zero-order valence-corrected chi connectivity index (χ0v) is 15.6. The summed E-state index contributed by atoms with van der Waals surface area (Å²) in [5.41, 5.74) is 0.935. The standard InChI is InChI=1S/C19H27N3O2/c1-17(2,3)11-10-19(18(4,5)6)13-9-8-12(14(11)19)21-15(23)20(7)16(24)22(13)21/h8-10,12-14H,1-7H3/t12-,13-,14+,19-/m0/s1. The summed E-state index contributed by atoms with van der Waals surface area (Å²) in [6.07, 6.45) is 6.69. The second kappa shape index (κ2) is 4.06. The summed E-state index contributed by atoms with van der Waals surface area (Å²) in [5.74, 6) is 0.270. The van der Waals surface area contributed by atoms with Gasteiger partial charge in [0.05, 0.1) is 12.1 Å². The Morgan fingerprint density at radius 3 is 2.08 bits per heavy atom. The Morgan fingerprint density at radius 1 is 0.958 bits per heavy atom. The fourth-order valence-electron chi connectivity index (χ4n) is 5.24. The van der Waals surface area contributed by atoms with Crippen molar-refractivity contribution in [2.45, 2.75) is 53.6 Å². The average molecular weight is 329 g/mol. The quantitative estimate of drug-likeness (QED) is 0.687. The highest BCUT2D eigenvalue weighted by Gasteiger charge is 2.67. The van der Waals surface area contributed by atoms with Crippen molar-refractivity contribution in [1.82, 2.24) is 13.9 Å². The molecule has 0 spiro atoms. The van der Waals surface area contributed by atoms with E-state index < -0.39 is 0 Å². The topological polar surface area (TPSA) is 48.9 Å². The first-order valence-electron chi connectivity index (χ1n) is 8.74. The maximum Gasteiger partial charge on any atom is 0.347 e. The molecule has 2 bridgehead atoms. The van der Waals surface area contributed by atoms with Crippen LogP contribution in [0.5, 0.6) is 0 Å². The molecular formula is C19H27N3O2. The lowest BCUT2D eigenvalue weighted by Crippen LogP contribution is -2.64. The average Bonchev–Trinajstić information content (AvgIpc) is 2.62. The molecule has 0 radical (unpaired) electrons. The van der Waals surface area contributed by atoms with Crippen molar-refractivity contribution in [2.75, 3.05) is 0 Å². The molecule has 5 rings (SSSR count). The molecule has 2 aliphatic carbocycles. The molecule has 0 fully saturated rings. The van der Waals surface area contributed by atoms with E-state index in [1.165, 1.54) is 10.1 Å². The monoisotopic (exact) mass is 329 g/mol. The lowest BCUT2D eigenvalue weighted by Gasteiger charge is -2.66. The summed E-state index contributed by atoms with van der Waals surface area (Å²) in [5, 5.41) is 0. The van der Waals surface area contributed by atoms with E-state index in [4.69, 9.17) is 0 Å². The molecule has 0 amide bonds. The van der Waals surface area contributed by atoms with Gasteiger partial charge < -0.3 is 0 Å². The van der Waals surface area contributed by atoms with Crippen molar-refractivity contribution in [1.29, 1.82) is 0 Å². The number of hydrogen-bond donors (Lipinski definition) is 0. The molecule has 3 heterocycles. The third kappa shape index (κ3) is 1.47. The zero-order chi connectivity index (χ0) is 17.8. The molecule has 130 valence electrons. The summed E-state index contributed by atoms with van der Waals surface area (Å²) in [7, 11) is 1.58. The van der Waals surface area contributed by atoms with E-state index in [2.05, 4.69) is 59.8 Å². The Balaban J connectivity index is 2.06. The number of aromatic nitrogens is 3. The van der Waals surface area contributed by atoms with Crippen molar-refractivity contribution < 1.29 is 0 Å². The summed E-state index contributed by atoms with van der Waals surface area (Å²) >= 11 is 0. The van der Waals surface area contributed by atoms with Gasteiger partial charge in [0.1, 0.15) is 0 Å². The lowest BCUT2D eigenvalue weighted by atomic mass is 9.41. The fourth-order valence-corrected chi connectivity index (χ4v) is 5.24. The van der Waals surface area contributed by atoms with Gasteiger partial charge in [0.15, 0.2) is 0 Å². The zero-order valence-electron chi connectivity index (χ0n) is 15.6. The predicted molar refractivity (Wildman–Crippen MR) is 94.1 cm³/mol. The number of allylic oxidation sites excluding steroid dienone is 4. The normalized spacial score (nSPS) is 33.8. The van der Waals surface area contributed by atoms with E-state index in [9.17, 15) is 9.59 Å². The second-order valence-electron chi connectivity index (χ2n) is 9.64. The van der Waals surface area contributed by atoms with Crippen LogP contribution >= 0.6 is 0 Å². The summed E-state index contributed by atoms with van der Waals surface area (Å²) in [6.45, 7) is 13.5. The van der Waals surface area contributed by atoms with Crippen LogP contribution in [0.25, 0.3) is 0 Å². The van der Waals surface area contributed by atoms with Crippen LogP contribution in [-0.2, 0) is 7.05 Å². The first-order chi connectivity index (χ1) is 10.9. The van der Waals surface area contributed by atoms with E-state index in [-0.39, 0.29) is 45.6 Å². The predicted octanol–water partition coefficient (Wildman–Crippen LogP) is 2.65. The highest BCUT2D eigenvalue weighted by Crippen LogP contribution is 2.71. The van der Waals surface area contributed by atoms with Gasteiger partial charge in [0, 0.05) is 18.4 Å². The minimum atomic E-state index is -0.209. The van der Waals surface area contributed by atoms with E-state index in [0.29, 0.717) is 0 Å². The maximum absolute atomic E-state index is 12.7. The summed E-state index contributed by atoms with van der Waals surface area (Å²) in [4.78, 5) is 25.4. The van der Waals surface area contributed by atoms with Crippen LogP contribution in [0.1, 0.15) is 53.6 Å². The summed E-state index contributed by atoms with van der Waals surface area (Å²) < 4.78 is 4.63. The molecule has 24 heavy (non-hydrogen) atoms. The molecule has 0 N–H and O–H groups in total. The lowest BCUT2D eigenvalue weighted by molar-refractivity contribution is -0.0653. The van der Waals surface area contributed by atoms with Gasteiger partial charge in [-0.1, -0.05) is 65.3 Å². The summed E-state index contributed by atoms with van der Waals surface area (Å²) in [6, 6.07) is -0.171. The van der Waals surface area contributed by atoms with Gasteiger partial charge in [-0.3, -0.25) is 0 Å². The smallest absolute Gasteiger partial charge is 0.246 e. The molecule has 5 nitrogen and oxygen atoms in total. The van der Waals surface area contributed by atoms with Crippen molar-refractivity contribution in [3.05, 3.63) is 44.8 Å². The van der Waals surface area contributed by atoms with Gasteiger partial charge in [-0.25, -0.2) is 23.5 Å². The molecule has 1 aromatic heterocycles. The largest absolute Gasteiger partial charge is 0.347 e. The molecule has 0 aromatic carbocycles. The molecule has 2 aliphatic heterocycles. The highest BCUT2D eigenvalue weighted by molar-refractivity contribution is 5.44. The van der Waals surface area contributed by atoms with E-state index in [1.807, 2.05) is 0 Å². The number of hydrogen-bond acceptors (Lipinski definition) is 2. The fraction of sp³-hybridized carbons (Fsp3) is 0.684. The number of rotatable bonds is 0. The van der Waals surface area contributed by atoms with Crippen LogP contribution in [0.4, 0.5) is 0 Å².